The predicted octanol–water partition coefficient (Wildman–Crippen LogP) is 1.54. The number of carbonyl (C=O) groups excluding carboxylic acids is 1. The van der Waals surface area contributed by atoms with E-state index < -0.39 is 0 Å². The van der Waals surface area contributed by atoms with Crippen LogP contribution in [0.15, 0.2) is 29.5 Å². The molecule has 0 saturated heterocycles. The van der Waals surface area contributed by atoms with E-state index in [1.807, 2.05) is 0 Å². The molecule has 2 heterocycles. The smallest absolute Gasteiger partial charge is 0.328 e. The summed E-state index contributed by atoms with van der Waals surface area (Å²) in [6.07, 6.45) is 3.28. The maximum atomic E-state index is 11.2. The number of nitrogens with one attached hydrogen (secondary N) is 1. The molecule has 9 nitrogen and oxygen atoms in total. The third-order valence-electron chi connectivity index (χ3n) is 2.78. The van der Waals surface area contributed by atoms with Gasteiger partial charge in [0, 0.05) is 12.6 Å². The van der Waals surface area contributed by atoms with E-state index in [4.69, 9.17) is 14.2 Å². The van der Waals surface area contributed by atoms with Crippen molar-refractivity contribution >= 4 is 12.1 Å². The summed E-state index contributed by atoms with van der Waals surface area (Å²) in [5.74, 6) is 0.755. The minimum absolute atomic E-state index is 0.0337. The van der Waals surface area contributed by atoms with E-state index in [0.29, 0.717) is 29.6 Å². The lowest BCUT2D eigenvalue weighted by molar-refractivity contribution is -0.120. The van der Waals surface area contributed by atoms with Gasteiger partial charge in [0.05, 0.1) is 26.5 Å². The van der Waals surface area contributed by atoms with Crippen LogP contribution in [-0.2, 0) is 4.79 Å². The van der Waals surface area contributed by atoms with Crippen LogP contribution in [0.5, 0.6) is 23.5 Å². The quantitative estimate of drug-likeness (QED) is 0.605. The highest BCUT2D eigenvalue weighted by Crippen LogP contribution is 2.24. The summed E-state index contributed by atoms with van der Waals surface area (Å²) in [6, 6.07) is 4.92. The number of hydrogen-bond donors (Lipinski definition) is 1. The summed E-state index contributed by atoms with van der Waals surface area (Å²) in [7, 11) is 2.95. The molecule has 0 aliphatic heterocycles. The Kier molecular flexibility index (Phi) is 6.01. The second-order valence-electron chi connectivity index (χ2n) is 4.37. The lowest BCUT2D eigenvalue weighted by Crippen LogP contribution is -2.15. The Morgan fingerprint density at radius 2 is 2.00 bits per heavy atom. The minimum Gasteiger partial charge on any atom is -0.481 e. The summed E-state index contributed by atoms with van der Waals surface area (Å²) in [6.45, 7) is 1.73. The van der Waals surface area contributed by atoms with E-state index in [1.54, 1.807) is 25.3 Å². The van der Waals surface area contributed by atoms with Gasteiger partial charge in [-0.3, -0.25) is 9.78 Å². The van der Waals surface area contributed by atoms with Crippen LogP contribution < -0.4 is 19.6 Å². The molecule has 0 fully saturated rings. The maximum Gasteiger partial charge on any atom is 0.328 e. The van der Waals surface area contributed by atoms with E-state index in [2.05, 4.69) is 25.5 Å². The van der Waals surface area contributed by atoms with Gasteiger partial charge in [0.25, 0.3) is 0 Å². The molecule has 0 atom stereocenters. The van der Waals surface area contributed by atoms with Crippen LogP contribution >= 0.6 is 0 Å². The van der Waals surface area contributed by atoms with Crippen LogP contribution in [0.25, 0.3) is 0 Å². The van der Waals surface area contributed by atoms with E-state index in [1.165, 1.54) is 26.5 Å². The molecule has 0 saturated carbocycles. The normalized spacial score (nSPS) is 10.5. The van der Waals surface area contributed by atoms with Gasteiger partial charge in [-0.05, 0) is 12.1 Å². The molecule has 2 aromatic heterocycles. The second kappa shape index (κ2) is 8.42. The molecule has 2 aromatic rings. The Morgan fingerprint density at radius 1 is 1.29 bits per heavy atom. The number of carbonyl (C=O) groups is 1. The first-order valence-corrected chi connectivity index (χ1v) is 7.08. The van der Waals surface area contributed by atoms with Gasteiger partial charge >= 0.3 is 6.01 Å². The van der Waals surface area contributed by atoms with Gasteiger partial charge in [-0.1, -0.05) is 6.92 Å². The van der Waals surface area contributed by atoms with Gasteiger partial charge in [-0.25, -0.2) is 5.43 Å². The van der Waals surface area contributed by atoms with Crippen LogP contribution in [0.1, 0.15) is 19.0 Å². The van der Waals surface area contributed by atoms with Crippen LogP contribution in [0, 0.1) is 0 Å². The van der Waals surface area contributed by atoms with Gasteiger partial charge in [0.1, 0.15) is 5.69 Å². The van der Waals surface area contributed by atoms with Crippen LogP contribution in [0.2, 0.25) is 0 Å². The molecule has 0 spiro atoms. The van der Waals surface area contributed by atoms with E-state index in [9.17, 15) is 4.79 Å². The van der Waals surface area contributed by atoms with Crippen molar-refractivity contribution in [3.63, 3.8) is 0 Å². The molecule has 0 aliphatic carbocycles. The fraction of sp³-hybridized carbons (Fsp3) is 0.267. The first kappa shape index (κ1) is 17.1. The van der Waals surface area contributed by atoms with Crippen LogP contribution in [0.4, 0.5) is 0 Å². The monoisotopic (exact) mass is 331 g/mol. The molecule has 0 radical (unpaired) electrons. The number of ether oxygens (including phenoxy) is 3. The van der Waals surface area contributed by atoms with Crippen LogP contribution in [-0.4, -0.2) is 41.3 Å². The fourth-order valence-electron chi connectivity index (χ4n) is 1.57. The first-order valence-electron chi connectivity index (χ1n) is 7.08. The number of aromatic nitrogens is 3. The van der Waals surface area contributed by atoms with Gasteiger partial charge < -0.3 is 14.2 Å². The molecule has 1 N–H and O–H groups in total. The molecular formula is C15H17N5O4. The highest BCUT2D eigenvalue weighted by atomic mass is 16.5. The lowest BCUT2D eigenvalue weighted by atomic mass is 10.3. The Balaban J connectivity index is 2.22. The average molecular weight is 331 g/mol. The standard InChI is InChI=1S/C15H17N5O4/c1-4-12(21)20-17-9-10-11(6-5-7-16-10)24-15-18-13(22-2)8-14(19-15)23-3/h5-9H,4H2,1-3H3,(H,20,21). The van der Waals surface area contributed by atoms with Gasteiger partial charge in [0.2, 0.25) is 17.7 Å². The van der Waals surface area contributed by atoms with E-state index in [0.717, 1.165) is 0 Å². The Morgan fingerprint density at radius 3 is 2.62 bits per heavy atom. The van der Waals surface area contributed by atoms with Gasteiger partial charge in [0.15, 0.2) is 5.75 Å². The Hall–Kier alpha value is -3.23. The molecule has 0 bridgehead atoms. The van der Waals surface area contributed by atoms with Crippen molar-refractivity contribution in [3.05, 3.63) is 30.1 Å². The summed E-state index contributed by atoms with van der Waals surface area (Å²) in [4.78, 5) is 23.5. The van der Waals surface area contributed by atoms with Gasteiger partial charge in [-0.2, -0.15) is 15.1 Å². The fourth-order valence-corrected chi connectivity index (χ4v) is 1.57. The van der Waals surface area contributed by atoms with Crippen molar-refractivity contribution < 1.29 is 19.0 Å². The van der Waals surface area contributed by atoms with Crippen molar-refractivity contribution in [2.75, 3.05) is 14.2 Å². The zero-order chi connectivity index (χ0) is 17.4. The van der Waals surface area contributed by atoms with E-state index in [-0.39, 0.29) is 11.9 Å². The maximum absolute atomic E-state index is 11.2. The highest BCUT2D eigenvalue weighted by molar-refractivity contribution is 5.83. The molecule has 0 aliphatic rings. The number of methoxy groups -OCH3 is 2. The summed E-state index contributed by atoms with van der Waals surface area (Å²) in [5, 5.41) is 3.82. The molecule has 24 heavy (non-hydrogen) atoms. The number of amides is 1. The number of nitrogens with zero attached hydrogens (tertiary/aromatic N) is 4. The number of hydrazone groups is 1. The second-order valence-corrected chi connectivity index (χ2v) is 4.37. The topological polar surface area (TPSA) is 108 Å². The zero-order valence-corrected chi connectivity index (χ0v) is 13.5. The molecule has 1 amide bonds. The largest absolute Gasteiger partial charge is 0.481 e. The van der Waals surface area contributed by atoms with Crippen molar-refractivity contribution in [3.8, 4) is 23.5 Å². The molecule has 0 unspecified atom stereocenters. The zero-order valence-electron chi connectivity index (χ0n) is 13.5. The summed E-state index contributed by atoms with van der Waals surface area (Å²) < 4.78 is 15.8. The SMILES string of the molecule is CCC(=O)NN=Cc1ncccc1Oc1nc(OC)cc(OC)n1. The van der Waals surface area contributed by atoms with Crippen molar-refractivity contribution in [1.29, 1.82) is 0 Å². The predicted molar refractivity (Wildman–Crippen MR) is 85.5 cm³/mol. The summed E-state index contributed by atoms with van der Waals surface area (Å²) >= 11 is 0. The molecule has 2 rings (SSSR count). The average Bonchev–Trinajstić information content (AvgIpc) is 2.62. The highest BCUT2D eigenvalue weighted by Gasteiger charge is 2.10. The molecule has 0 aromatic carbocycles. The Bertz CT molecular complexity index is 713. The van der Waals surface area contributed by atoms with Crippen LogP contribution in [0.3, 0.4) is 0 Å². The number of pyridine rings is 1. The number of hydrogen-bond acceptors (Lipinski definition) is 8. The number of rotatable bonds is 7. The van der Waals surface area contributed by atoms with Crippen molar-refractivity contribution in [1.82, 2.24) is 20.4 Å². The molecule has 126 valence electrons. The third kappa shape index (κ3) is 4.63. The van der Waals surface area contributed by atoms with E-state index >= 15 is 0 Å². The first-order chi connectivity index (χ1) is 11.7. The molecule has 9 heteroatoms. The Labute approximate surface area is 138 Å². The van der Waals surface area contributed by atoms with Gasteiger partial charge in [-0.15, -0.1) is 0 Å². The third-order valence-corrected chi connectivity index (χ3v) is 2.78. The van der Waals surface area contributed by atoms with Crippen molar-refractivity contribution in [2.45, 2.75) is 13.3 Å². The molecular weight excluding hydrogens is 314 g/mol. The van der Waals surface area contributed by atoms with Crippen molar-refractivity contribution in [2.24, 2.45) is 5.10 Å². The minimum atomic E-state index is -0.203. The summed E-state index contributed by atoms with van der Waals surface area (Å²) in [5.41, 5.74) is 2.77. The lowest BCUT2D eigenvalue weighted by Gasteiger charge is -2.08.